The maximum atomic E-state index is 12.1. The summed E-state index contributed by atoms with van der Waals surface area (Å²) < 4.78 is 0. The number of anilines is 1. The van der Waals surface area contributed by atoms with Gasteiger partial charge in [0.1, 0.15) is 11.6 Å². The molecule has 0 saturated carbocycles. The van der Waals surface area contributed by atoms with Gasteiger partial charge in [0.05, 0.1) is 0 Å². The van der Waals surface area contributed by atoms with Gasteiger partial charge in [0.25, 0.3) is 5.91 Å². The zero-order chi connectivity index (χ0) is 16.4. The average Bonchev–Trinajstić information content (AvgIpc) is 2.51. The fourth-order valence-corrected chi connectivity index (χ4v) is 1.75. The van der Waals surface area contributed by atoms with Gasteiger partial charge in [-0.3, -0.25) is 9.59 Å². The van der Waals surface area contributed by atoms with Crippen LogP contribution in [0.2, 0.25) is 0 Å². The van der Waals surface area contributed by atoms with Crippen molar-refractivity contribution in [2.75, 3.05) is 18.4 Å². The van der Waals surface area contributed by atoms with Crippen molar-refractivity contribution in [1.29, 1.82) is 5.26 Å². The lowest BCUT2D eigenvalue weighted by Crippen LogP contribution is -2.20. The number of rotatable bonds is 8. The molecule has 0 aromatic heterocycles. The van der Waals surface area contributed by atoms with Crippen LogP contribution in [0.5, 0.6) is 0 Å². The molecule has 2 amide bonds. The number of nitriles is 1. The summed E-state index contributed by atoms with van der Waals surface area (Å²) in [5.74, 6) is -0.449. The molecular formula is C16H20N4O2. The van der Waals surface area contributed by atoms with Gasteiger partial charge in [-0.05, 0) is 37.5 Å². The fourth-order valence-electron chi connectivity index (χ4n) is 1.75. The van der Waals surface area contributed by atoms with E-state index in [1.165, 1.54) is 6.20 Å². The third-order valence-corrected chi connectivity index (χ3v) is 3.19. The summed E-state index contributed by atoms with van der Waals surface area (Å²) in [6.45, 7) is 4.98. The number of nitrogens with one attached hydrogen (secondary N) is 3. The second kappa shape index (κ2) is 9.19. The number of carbonyl (C=O) groups excluding carboxylic acids is 2. The van der Waals surface area contributed by atoms with Gasteiger partial charge < -0.3 is 16.0 Å². The van der Waals surface area contributed by atoms with Crippen molar-refractivity contribution >= 4 is 18.0 Å². The van der Waals surface area contributed by atoms with E-state index in [0.717, 1.165) is 11.1 Å². The van der Waals surface area contributed by atoms with Gasteiger partial charge in [-0.15, -0.1) is 0 Å². The molecule has 1 aromatic rings. The van der Waals surface area contributed by atoms with Crippen molar-refractivity contribution in [2.24, 2.45) is 0 Å². The molecule has 0 aliphatic heterocycles. The zero-order valence-corrected chi connectivity index (χ0v) is 12.8. The molecule has 1 rings (SSSR count). The Bertz CT molecular complexity index is 603. The second-order valence-corrected chi connectivity index (χ2v) is 4.75. The summed E-state index contributed by atoms with van der Waals surface area (Å²) in [5, 5.41) is 17.2. The van der Waals surface area contributed by atoms with E-state index in [2.05, 4.69) is 16.0 Å². The van der Waals surface area contributed by atoms with E-state index < -0.39 is 5.91 Å². The summed E-state index contributed by atoms with van der Waals surface area (Å²) >= 11 is 0. The molecule has 0 radical (unpaired) electrons. The average molecular weight is 300 g/mol. The van der Waals surface area contributed by atoms with Gasteiger partial charge in [-0.2, -0.15) is 5.26 Å². The van der Waals surface area contributed by atoms with Crippen LogP contribution in [0.3, 0.4) is 0 Å². The normalized spacial score (nSPS) is 10.5. The lowest BCUT2D eigenvalue weighted by molar-refractivity contribution is -0.112. The van der Waals surface area contributed by atoms with E-state index in [1.807, 2.05) is 32.0 Å². The van der Waals surface area contributed by atoms with E-state index in [9.17, 15) is 9.59 Å². The maximum Gasteiger partial charge on any atom is 0.267 e. The summed E-state index contributed by atoms with van der Waals surface area (Å²) in [6, 6.07) is 7.48. The van der Waals surface area contributed by atoms with E-state index in [0.29, 0.717) is 31.6 Å². The summed E-state index contributed by atoms with van der Waals surface area (Å²) in [7, 11) is 0. The van der Waals surface area contributed by atoms with Crippen molar-refractivity contribution < 1.29 is 9.59 Å². The standard InChI is InChI=1S/C16H20N4O2/c1-12-5-3-6-15(13(12)2)20-16(22)14(9-17)10-18-7-4-8-19-11-21/h3,5-6,10-11,18H,4,7-8H2,1-2H3,(H,19,21)(H,20,22)/b14-10-. The van der Waals surface area contributed by atoms with Gasteiger partial charge in [0.15, 0.2) is 0 Å². The molecule has 22 heavy (non-hydrogen) atoms. The Kier molecular flexibility index (Phi) is 7.20. The fraction of sp³-hybridized carbons (Fsp3) is 0.312. The number of benzene rings is 1. The largest absolute Gasteiger partial charge is 0.390 e. The molecule has 1 aromatic carbocycles. The molecule has 0 aliphatic carbocycles. The Hall–Kier alpha value is -2.81. The highest BCUT2D eigenvalue weighted by Crippen LogP contribution is 2.18. The number of amides is 2. The lowest BCUT2D eigenvalue weighted by atomic mass is 10.1. The predicted octanol–water partition coefficient (Wildman–Crippen LogP) is 1.38. The lowest BCUT2D eigenvalue weighted by Gasteiger charge is -2.10. The molecule has 3 N–H and O–H groups in total. The molecule has 0 spiro atoms. The number of nitrogens with zero attached hydrogens (tertiary/aromatic N) is 1. The Morgan fingerprint density at radius 1 is 1.27 bits per heavy atom. The van der Waals surface area contributed by atoms with Crippen LogP contribution in [0, 0.1) is 25.2 Å². The quantitative estimate of drug-likeness (QED) is 0.292. The van der Waals surface area contributed by atoms with E-state index >= 15 is 0 Å². The molecule has 0 unspecified atom stereocenters. The Morgan fingerprint density at radius 3 is 2.68 bits per heavy atom. The summed E-state index contributed by atoms with van der Waals surface area (Å²) in [5.41, 5.74) is 2.74. The van der Waals surface area contributed by atoms with Crippen LogP contribution in [-0.2, 0) is 9.59 Å². The monoisotopic (exact) mass is 300 g/mol. The van der Waals surface area contributed by atoms with Crippen LogP contribution in [0.4, 0.5) is 5.69 Å². The first-order chi connectivity index (χ1) is 10.6. The molecule has 0 aliphatic rings. The molecular weight excluding hydrogens is 280 g/mol. The van der Waals surface area contributed by atoms with Crippen LogP contribution in [0.15, 0.2) is 30.0 Å². The molecule has 0 bridgehead atoms. The topological polar surface area (TPSA) is 94.0 Å². The maximum absolute atomic E-state index is 12.1. The minimum absolute atomic E-state index is 0.00394. The Balaban J connectivity index is 2.59. The molecule has 0 heterocycles. The predicted molar refractivity (Wildman–Crippen MR) is 84.9 cm³/mol. The second-order valence-electron chi connectivity index (χ2n) is 4.75. The number of hydrogen-bond donors (Lipinski definition) is 3. The molecule has 0 saturated heterocycles. The van der Waals surface area contributed by atoms with Crippen molar-refractivity contribution in [1.82, 2.24) is 10.6 Å². The molecule has 0 fully saturated rings. The first kappa shape index (κ1) is 17.2. The van der Waals surface area contributed by atoms with Crippen molar-refractivity contribution in [3.63, 3.8) is 0 Å². The zero-order valence-electron chi connectivity index (χ0n) is 12.8. The minimum atomic E-state index is -0.449. The van der Waals surface area contributed by atoms with Gasteiger partial charge in [0.2, 0.25) is 6.41 Å². The summed E-state index contributed by atoms with van der Waals surface area (Å²) in [4.78, 5) is 22.1. The van der Waals surface area contributed by atoms with Crippen LogP contribution >= 0.6 is 0 Å². The van der Waals surface area contributed by atoms with Crippen LogP contribution in [0.1, 0.15) is 17.5 Å². The SMILES string of the molecule is Cc1cccc(NC(=O)/C(C#N)=C\NCCCNC=O)c1C. The third kappa shape index (κ3) is 5.29. The van der Waals surface area contributed by atoms with Crippen molar-refractivity contribution in [3.8, 4) is 6.07 Å². The number of hydrogen-bond acceptors (Lipinski definition) is 4. The summed E-state index contributed by atoms with van der Waals surface area (Å²) in [6.07, 6.45) is 2.72. The van der Waals surface area contributed by atoms with Crippen LogP contribution in [0.25, 0.3) is 0 Å². The molecule has 6 nitrogen and oxygen atoms in total. The Labute approximate surface area is 130 Å². The van der Waals surface area contributed by atoms with Gasteiger partial charge in [0, 0.05) is 25.0 Å². The van der Waals surface area contributed by atoms with Crippen LogP contribution in [-0.4, -0.2) is 25.4 Å². The highest BCUT2D eigenvalue weighted by atomic mass is 16.1. The highest BCUT2D eigenvalue weighted by molar-refractivity contribution is 6.06. The first-order valence-electron chi connectivity index (χ1n) is 6.98. The number of aryl methyl sites for hydroxylation is 1. The van der Waals surface area contributed by atoms with Gasteiger partial charge >= 0.3 is 0 Å². The van der Waals surface area contributed by atoms with E-state index in [1.54, 1.807) is 6.07 Å². The van der Waals surface area contributed by atoms with E-state index in [4.69, 9.17) is 5.26 Å². The Morgan fingerprint density at radius 2 is 2.00 bits per heavy atom. The van der Waals surface area contributed by atoms with Crippen LogP contribution < -0.4 is 16.0 Å². The van der Waals surface area contributed by atoms with Gasteiger partial charge in [-0.1, -0.05) is 12.1 Å². The molecule has 116 valence electrons. The number of carbonyl (C=O) groups is 2. The minimum Gasteiger partial charge on any atom is -0.390 e. The molecule has 6 heteroatoms. The van der Waals surface area contributed by atoms with Crippen molar-refractivity contribution in [3.05, 3.63) is 41.1 Å². The highest BCUT2D eigenvalue weighted by Gasteiger charge is 2.10. The first-order valence-corrected chi connectivity index (χ1v) is 6.98. The van der Waals surface area contributed by atoms with E-state index in [-0.39, 0.29) is 5.57 Å². The third-order valence-electron chi connectivity index (χ3n) is 3.19. The smallest absolute Gasteiger partial charge is 0.267 e. The van der Waals surface area contributed by atoms with Crippen molar-refractivity contribution in [2.45, 2.75) is 20.3 Å². The molecule has 0 atom stereocenters. The van der Waals surface area contributed by atoms with Gasteiger partial charge in [-0.25, -0.2) is 0 Å².